The molecule has 0 aliphatic rings. The number of hydrogen-bond acceptors (Lipinski definition) is 3. The Bertz CT molecular complexity index is 724. The van der Waals surface area contributed by atoms with Crippen LogP contribution in [-0.4, -0.2) is 21.6 Å². The molecule has 96 valence electrons. The minimum atomic E-state index is 0.579. The van der Waals surface area contributed by atoms with Gasteiger partial charge in [0, 0.05) is 34.9 Å². The number of methoxy groups -OCH3 is 1. The molecule has 0 N–H and O–H groups in total. The zero-order valence-electron chi connectivity index (χ0n) is 10.4. The van der Waals surface area contributed by atoms with Gasteiger partial charge >= 0.3 is 0 Å². The summed E-state index contributed by atoms with van der Waals surface area (Å²) in [7, 11) is 1.61. The molecule has 0 bridgehead atoms. The van der Waals surface area contributed by atoms with Crippen LogP contribution >= 0.6 is 22.6 Å². The smallest absolute Gasteiger partial charge is 0.216 e. The Balaban J connectivity index is 2.09. The average molecular weight is 365 g/mol. The first kappa shape index (κ1) is 12.4. The van der Waals surface area contributed by atoms with E-state index in [1.54, 1.807) is 19.4 Å². The number of fused-ring (bicyclic) bond motifs is 1. The van der Waals surface area contributed by atoms with Crippen LogP contribution in [0.5, 0.6) is 5.88 Å². The number of nitrogens with zero attached hydrogens (tertiary/aromatic N) is 3. The summed E-state index contributed by atoms with van der Waals surface area (Å²) >= 11 is 2.35. The molecule has 0 radical (unpaired) electrons. The Hall–Kier alpha value is -1.63. The number of aromatic nitrogens is 3. The molecule has 0 atom stereocenters. The summed E-state index contributed by atoms with van der Waals surface area (Å²) in [6.45, 7) is 0. The first-order valence-corrected chi connectivity index (χ1v) is 7.36. The van der Waals surface area contributed by atoms with Crippen molar-refractivity contribution in [2.24, 2.45) is 0 Å². The lowest BCUT2D eigenvalue weighted by molar-refractivity contribution is 0.397. The van der Waals surface area contributed by atoms with Gasteiger partial charge in [0.15, 0.2) is 5.82 Å². The monoisotopic (exact) mass is 365 g/mol. The van der Waals surface area contributed by atoms with E-state index in [1.807, 2.05) is 6.07 Å². The molecular formula is C14H12IN3O. The Kier molecular flexibility index (Phi) is 3.37. The van der Waals surface area contributed by atoms with Crippen LogP contribution in [0.4, 0.5) is 0 Å². The minimum absolute atomic E-state index is 0.579. The minimum Gasteiger partial charge on any atom is -0.481 e. The highest BCUT2D eigenvalue weighted by molar-refractivity contribution is 14.1. The number of halogens is 1. The van der Waals surface area contributed by atoms with Crippen molar-refractivity contribution in [3.8, 4) is 17.3 Å². The summed E-state index contributed by atoms with van der Waals surface area (Å²) < 4.78 is 8.27. The van der Waals surface area contributed by atoms with E-state index in [-0.39, 0.29) is 0 Å². The predicted octanol–water partition coefficient (Wildman–Crippen LogP) is 3.50. The van der Waals surface area contributed by atoms with Crippen molar-refractivity contribution in [3.63, 3.8) is 0 Å². The second-order valence-electron chi connectivity index (χ2n) is 4.10. The van der Waals surface area contributed by atoms with Crippen molar-refractivity contribution < 1.29 is 4.74 Å². The Morgan fingerprint density at radius 3 is 2.95 bits per heavy atom. The SMILES string of the molecule is COc1ccnc(-c2ccc3c(ccn3CI)c2)n1. The summed E-state index contributed by atoms with van der Waals surface area (Å²) in [4.78, 5) is 8.65. The summed E-state index contributed by atoms with van der Waals surface area (Å²) in [5.41, 5.74) is 2.22. The highest BCUT2D eigenvalue weighted by Crippen LogP contribution is 2.24. The zero-order valence-corrected chi connectivity index (χ0v) is 12.5. The van der Waals surface area contributed by atoms with Crippen LogP contribution < -0.4 is 4.74 Å². The topological polar surface area (TPSA) is 39.9 Å². The first-order chi connectivity index (χ1) is 9.31. The van der Waals surface area contributed by atoms with E-state index in [4.69, 9.17) is 4.74 Å². The molecule has 2 heterocycles. The van der Waals surface area contributed by atoms with E-state index >= 15 is 0 Å². The average Bonchev–Trinajstić information content (AvgIpc) is 2.89. The van der Waals surface area contributed by atoms with Crippen molar-refractivity contribution in [2.45, 2.75) is 4.55 Å². The number of hydrogen-bond donors (Lipinski definition) is 0. The van der Waals surface area contributed by atoms with Crippen LogP contribution in [0.1, 0.15) is 0 Å². The Morgan fingerprint density at radius 2 is 2.16 bits per heavy atom. The van der Waals surface area contributed by atoms with E-state index in [9.17, 15) is 0 Å². The maximum Gasteiger partial charge on any atom is 0.216 e. The molecule has 0 saturated heterocycles. The van der Waals surface area contributed by atoms with Crippen LogP contribution in [0.3, 0.4) is 0 Å². The molecule has 19 heavy (non-hydrogen) atoms. The van der Waals surface area contributed by atoms with Gasteiger partial charge in [-0.3, -0.25) is 0 Å². The number of rotatable bonds is 3. The molecule has 3 rings (SSSR count). The van der Waals surface area contributed by atoms with Gasteiger partial charge in [-0.15, -0.1) is 0 Å². The van der Waals surface area contributed by atoms with Gasteiger partial charge in [0.05, 0.1) is 11.7 Å². The second kappa shape index (κ2) is 5.16. The predicted molar refractivity (Wildman–Crippen MR) is 83.5 cm³/mol. The van der Waals surface area contributed by atoms with Gasteiger partial charge < -0.3 is 9.30 Å². The molecule has 1 aromatic carbocycles. The van der Waals surface area contributed by atoms with Gasteiger partial charge in [-0.1, -0.05) is 22.6 Å². The van der Waals surface area contributed by atoms with Crippen LogP contribution in [0.2, 0.25) is 0 Å². The maximum absolute atomic E-state index is 5.13. The van der Waals surface area contributed by atoms with Crippen molar-refractivity contribution in [3.05, 3.63) is 42.7 Å². The summed E-state index contributed by atoms with van der Waals surface area (Å²) in [6, 6.07) is 10.1. The van der Waals surface area contributed by atoms with Gasteiger partial charge in [-0.2, -0.15) is 4.98 Å². The molecule has 0 fully saturated rings. The summed E-state index contributed by atoms with van der Waals surface area (Å²) in [5, 5.41) is 1.19. The van der Waals surface area contributed by atoms with Gasteiger partial charge in [-0.25, -0.2) is 4.98 Å². The molecule has 0 amide bonds. The Labute approximate surface area is 124 Å². The molecular weight excluding hydrogens is 353 g/mol. The molecule has 2 aromatic heterocycles. The van der Waals surface area contributed by atoms with Crippen LogP contribution in [0.15, 0.2) is 42.7 Å². The third-order valence-corrected chi connectivity index (χ3v) is 3.73. The molecule has 0 spiro atoms. The van der Waals surface area contributed by atoms with Gasteiger partial charge in [0.25, 0.3) is 0 Å². The van der Waals surface area contributed by atoms with Gasteiger partial charge in [0.1, 0.15) is 0 Å². The van der Waals surface area contributed by atoms with Gasteiger partial charge in [-0.05, 0) is 24.3 Å². The van der Waals surface area contributed by atoms with Crippen LogP contribution in [0, 0.1) is 0 Å². The van der Waals surface area contributed by atoms with E-state index < -0.39 is 0 Å². The third-order valence-electron chi connectivity index (χ3n) is 3.00. The molecule has 0 saturated carbocycles. The van der Waals surface area contributed by atoms with Crippen LogP contribution in [-0.2, 0) is 4.55 Å². The van der Waals surface area contributed by atoms with Crippen molar-refractivity contribution in [2.75, 3.05) is 7.11 Å². The third kappa shape index (κ3) is 2.30. The normalized spacial score (nSPS) is 10.8. The molecule has 0 unspecified atom stereocenters. The lowest BCUT2D eigenvalue weighted by Crippen LogP contribution is -1.93. The fourth-order valence-corrected chi connectivity index (χ4v) is 2.63. The lowest BCUT2D eigenvalue weighted by Gasteiger charge is -2.04. The highest BCUT2D eigenvalue weighted by Gasteiger charge is 2.06. The van der Waals surface area contributed by atoms with E-state index in [0.717, 1.165) is 10.1 Å². The lowest BCUT2D eigenvalue weighted by atomic mass is 10.1. The molecule has 4 nitrogen and oxygen atoms in total. The first-order valence-electron chi connectivity index (χ1n) is 5.84. The van der Waals surface area contributed by atoms with Crippen molar-refractivity contribution in [1.82, 2.24) is 14.5 Å². The van der Waals surface area contributed by atoms with Gasteiger partial charge in [0.2, 0.25) is 5.88 Å². The number of alkyl halides is 1. The summed E-state index contributed by atoms with van der Waals surface area (Å²) in [5.74, 6) is 1.26. The molecule has 3 aromatic rings. The maximum atomic E-state index is 5.13. The zero-order chi connectivity index (χ0) is 13.2. The van der Waals surface area contributed by atoms with E-state index in [2.05, 4.69) is 61.5 Å². The summed E-state index contributed by atoms with van der Waals surface area (Å²) in [6.07, 6.45) is 3.80. The number of ether oxygens (including phenoxy) is 1. The van der Waals surface area contributed by atoms with E-state index in [1.165, 1.54) is 10.9 Å². The van der Waals surface area contributed by atoms with Crippen LogP contribution in [0.25, 0.3) is 22.3 Å². The quantitative estimate of drug-likeness (QED) is 0.527. The Morgan fingerprint density at radius 1 is 1.26 bits per heavy atom. The largest absolute Gasteiger partial charge is 0.481 e. The van der Waals surface area contributed by atoms with E-state index in [0.29, 0.717) is 11.7 Å². The number of benzene rings is 1. The highest BCUT2D eigenvalue weighted by atomic mass is 127. The van der Waals surface area contributed by atoms with Crippen molar-refractivity contribution in [1.29, 1.82) is 0 Å². The standard InChI is InChI=1S/C14H12IN3O/c1-19-13-4-6-16-14(17-13)11-2-3-12-10(8-11)5-7-18(12)9-15/h2-8H,9H2,1H3. The van der Waals surface area contributed by atoms with Crippen molar-refractivity contribution >= 4 is 33.5 Å². The fourth-order valence-electron chi connectivity index (χ4n) is 2.04. The fraction of sp³-hybridized carbons (Fsp3) is 0.143. The molecule has 0 aliphatic carbocycles. The molecule has 5 heteroatoms. The molecule has 0 aliphatic heterocycles. The second-order valence-corrected chi connectivity index (χ2v) is 4.78.